The molecule has 0 fully saturated rings. The molecule has 2 N–H and O–H groups in total. The molecule has 0 bridgehead atoms. The molecule has 2 amide bonds. The quantitative estimate of drug-likeness (QED) is 0.630. The number of methoxy groups -OCH3 is 1. The molecule has 0 saturated heterocycles. The smallest absolute Gasteiger partial charge is 0.253 e. The van der Waals surface area contributed by atoms with Crippen LogP contribution in [-0.4, -0.2) is 38.7 Å². The van der Waals surface area contributed by atoms with Gasteiger partial charge in [0.2, 0.25) is 5.91 Å². The minimum Gasteiger partial charge on any atom is -0.497 e. The number of para-hydroxylation sites is 1. The summed E-state index contributed by atoms with van der Waals surface area (Å²) in [5.74, 6) is 0.342. The molecular weight excluding hydrogens is 344 g/mol. The maximum absolute atomic E-state index is 12.4. The first-order chi connectivity index (χ1) is 13.1. The highest BCUT2D eigenvalue weighted by atomic mass is 16.5. The molecule has 6 nitrogen and oxygen atoms in total. The maximum Gasteiger partial charge on any atom is 0.253 e. The van der Waals surface area contributed by atoms with Gasteiger partial charge in [0.05, 0.1) is 24.8 Å². The number of hydrogen-bond acceptors (Lipinski definition) is 4. The number of amides is 2. The van der Waals surface area contributed by atoms with Crippen molar-refractivity contribution >= 4 is 17.5 Å². The molecule has 2 rings (SSSR count). The molecule has 0 radical (unpaired) electrons. The molecule has 0 unspecified atom stereocenters. The van der Waals surface area contributed by atoms with Crippen molar-refractivity contribution in [2.24, 2.45) is 0 Å². The lowest BCUT2D eigenvalue weighted by Gasteiger charge is -2.12. The summed E-state index contributed by atoms with van der Waals surface area (Å²) in [4.78, 5) is 24.7. The first kappa shape index (κ1) is 20.5. The van der Waals surface area contributed by atoms with Gasteiger partial charge in [-0.15, -0.1) is 0 Å². The molecule has 0 atom stereocenters. The SMILES string of the molecule is CCOCCCNC(=O)c1ccccc1NC(=O)Cc1ccc(OC)cc1. The van der Waals surface area contributed by atoms with Gasteiger partial charge >= 0.3 is 0 Å². The van der Waals surface area contributed by atoms with Crippen LogP contribution in [-0.2, 0) is 16.0 Å². The van der Waals surface area contributed by atoms with Gasteiger partial charge < -0.3 is 20.1 Å². The number of anilines is 1. The molecule has 0 saturated carbocycles. The number of carbonyl (C=O) groups excluding carboxylic acids is 2. The van der Waals surface area contributed by atoms with E-state index < -0.39 is 0 Å². The van der Waals surface area contributed by atoms with Crippen LogP contribution < -0.4 is 15.4 Å². The molecule has 6 heteroatoms. The summed E-state index contributed by atoms with van der Waals surface area (Å²) in [6.07, 6.45) is 0.958. The second kappa shape index (κ2) is 11.0. The van der Waals surface area contributed by atoms with Crippen LogP contribution in [0.1, 0.15) is 29.3 Å². The fraction of sp³-hybridized carbons (Fsp3) is 0.333. The highest BCUT2D eigenvalue weighted by Gasteiger charge is 2.13. The van der Waals surface area contributed by atoms with Gasteiger partial charge in [0.25, 0.3) is 5.91 Å². The zero-order chi connectivity index (χ0) is 19.5. The average Bonchev–Trinajstić information content (AvgIpc) is 2.68. The highest BCUT2D eigenvalue weighted by Crippen LogP contribution is 2.16. The van der Waals surface area contributed by atoms with Gasteiger partial charge in [0.15, 0.2) is 0 Å². The zero-order valence-electron chi connectivity index (χ0n) is 15.8. The summed E-state index contributed by atoms with van der Waals surface area (Å²) in [6.45, 7) is 3.73. The highest BCUT2D eigenvalue weighted by molar-refractivity contribution is 6.04. The minimum absolute atomic E-state index is 0.184. The number of rotatable bonds is 10. The van der Waals surface area contributed by atoms with Crippen LogP contribution in [0, 0.1) is 0 Å². The zero-order valence-corrected chi connectivity index (χ0v) is 15.8. The van der Waals surface area contributed by atoms with Crippen LogP contribution in [0.3, 0.4) is 0 Å². The minimum atomic E-state index is -0.216. The second-order valence-corrected chi connectivity index (χ2v) is 5.92. The van der Waals surface area contributed by atoms with Crippen molar-refractivity contribution in [1.29, 1.82) is 0 Å². The predicted molar refractivity (Wildman–Crippen MR) is 105 cm³/mol. The van der Waals surface area contributed by atoms with E-state index in [2.05, 4.69) is 10.6 Å². The molecular formula is C21H26N2O4. The number of nitrogens with one attached hydrogen (secondary N) is 2. The van der Waals surface area contributed by atoms with E-state index in [0.29, 0.717) is 31.0 Å². The van der Waals surface area contributed by atoms with E-state index in [-0.39, 0.29) is 18.2 Å². The molecule has 0 aliphatic rings. The Balaban J connectivity index is 1.93. The second-order valence-electron chi connectivity index (χ2n) is 5.92. The van der Waals surface area contributed by atoms with Crippen LogP contribution in [0.15, 0.2) is 48.5 Å². The summed E-state index contributed by atoms with van der Waals surface area (Å²) in [5.41, 5.74) is 1.81. The summed E-state index contributed by atoms with van der Waals surface area (Å²) in [5, 5.41) is 5.67. The van der Waals surface area contributed by atoms with Crippen molar-refractivity contribution in [2.75, 3.05) is 32.2 Å². The van der Waals surface area contributed by atoms with Crippen LogP contribution in [0.4, 0.5) is 5.69 Å². The van der Waals surface area contributed by atoms with E-state index in [4.69, 9.17) is 9.47 Å². The maximum atomic E-state index is 12.4. The van der Waals surface area contributed by atoms with E-state index in [1.54, 1.807) is 31.4 Å². The Bertz CT molecular complexity index is 744. The topological polar surface area (TPSA) is 76.7 Å². The average molecular weight is 370 g/mol. The molecule has 0 aliphatic carbocycles. The summed E-state index contributed by atoms with van der Waals surface area (Å²) in [6, 6.07) is 14.3. The van der Waals surface area contributed by atoms with Gasteiger partial charge in [-0.2, -0.15) is 0 Å². The lowest BCUT2D eigenvalue weighted by molar-refractivity contribution is -0.115. The fourth-order valence-corrected chi connectivity index (χ4v) is 2.53. The van der Waals surface area contributed by atoms with E-state index in [1.807, 2.05) is 31.2 Å². The number of hydrogen-bond donors (Lipinski definition) is 2. The van der Waals surface area contributed by atoms with Crippen LogP contribution in [0.2, 0.25) is 0 Å². The number of carbonyl (C=O) groups is 2. The Hall–Kier alpha value is -2.86. The normalized spacial score (nSPS) is 10.3. The van der Waals surface area contributed by atoms with E-state index in [0.717, 1.165) is 17.7 Å². The molecule has 0 aliphatic heterocycles. The van der Waals surface area contributed by atoms with Crippen molar-refractivity contribution in [1.82, 2.24) is 5.32 Å². The van der Waals surface area contributed by atoms with Gasteiger partial charge in [-0.1, -0.05) is 24.3 Å². The molecule has 0 heterocycles. The van der Waals surface area contributed by atoms with Gasteiger partial charge in [-0.05, 0) is 43.2 Å². The molecule has 144 valence electrons. The van der Waals surface area contributed by atoms with E-state index in [1.165, 1.54) is 0 Å². The van der Waals surface area contributed by atoms with Gasteiger partial charge in [0.1, 0.15) is 5.75 Å². The molecule has 2 aromatic carbocycles. The Morgan fingerprint density at radius 3 is 2.48 bits per heavy atom. The third-order valence-corrected chi connectivity index (χ3v) is 3.92. The molecule has 2 aromatic rings. The third kappa shape index (κ3) is 6.75. The van der Waals surface area contributed by atoms with Crippen molar-refractivity contribution in [3.05, 3.63) is 59.7 Å². The molecule has 27 heavy (non-hydrogen) atoms. The third-order valence-electron chi connectivity index (χ3n) is 3.92. The molecule has 0 spiro atoms. The predicted octanol–water partition coefficient (Wildman–Crippen LogP) is 3.03. The lowest BCUT2D eigenvalue weighted by atomic mass is 10.1. The van der Waals surface area contributed by atoms with Crippen molar-refractivity contribution in [3.63, 3.8) is 0 Å². The standard InChI is InChI=1S/C21H26N2O4/c1-3-27-14-6-13-22-21(25)18-7-4-5-8-19(18)23-20(24)15-16-9-11-17(26-2)12-10-16/h4-5,7-12H,3,6,13-15H2,1-2H3,(H,22,25)(H,23,24). The van der Waals surface area contributed by atoms with Crippen molar-refractivity contribution < 1.29 is 19.1 Å². The van der Waals surface area contributed by atoms with E-state index in [9.17, 15) is 9.59 Å². The lowest BCUT2D eigenvalue weighted by Crippen LogP contribution is -2.27. The van der Waals surface area contributed by atoms with Crippen molar-refractivity contribution in [2.45, 2.75) is 19.8 Å². The Morgan fingerprint density at radius 1 is 1.04 bits per heavy atom. The molecule has 0 aromatic heterocycles. The number of benzene rings is 2. The van der Waals surface area contributed by atoms with E-state index >= 15 is 0 Å². The summed E-state index contributed by atoms with van der Waals surface area (Å²) < 4.78 is 10.4. The van der Waals surface area contributed by atoms with Gasteiger partial charge in [0, 0.05) is 19.8 Å². The van der Waals surface area contributed by atoms with Gasteiger partial charge in [-0.3, -0.25) is 9.59 Å². The summed E-state index contributed by atoms with van der Waals surface area (Å²) >= 11 is 0. The summed E-state index contributed by atoms with van der Waals surface area (Å²) in [7, 11) is 1.60. The van der Waals surface area contributed by atoms with Crippen LogP contribution in [0.5, 0.6) is 5.75 Å². The van der Waals surface area contributed by atoms with Crippen molar-refractivity contribution in [3.8, 4) is 5.75 Å². The Kier molecular flexibility index (Phi) is 8.32. The monoisotopic (exact) mass is 370 g/mol. The largest absolute Gasteiger partial charge is 0.497 e. The first-order valence-electron chi connectivity index (χ1n) is 9.01. The van der Waals surface area contributed by atoms with Gasteiger partial charge in [-0.25, -0.2) is 0 Å². The first-order valence-corrected chi connectivity index (χ1v) is 9.01. The van der Waals surface area contributed by atoms with Crippen LogP contribution in [0.25, 0.3) is 0 Å². The number of ether oxygens (including phenoxy) is 2. The Labute approximate surface area is 159 Å². The fourth-order valence-electron chi connectivity index (χ4n) is 2.53. The van der Waals surface area contributed by atoms with Crippen LogP contribution >= 0.6 is 0 Å². The Morgan fingerprint density at radius 2 is 1.78 bits per heavy atom.